The summed E-state index contributed by atoms with van der Waals surface area (Å²) < 4.78 is 4.77. The van der Waals surface area contributed by atoms with Gasteiger partial charge in [0.2, 0.25) is 0 Å². The molecule has 22 heavy (non-hydrogen) atoms. The predicted octanol–water partition coefficient (Wildman–Crippen LogP) is 4.85. The summed E-state index contributed by atoms with van der Waals surface area (Å²) in [7, 11) is 1.37. The summed E-state index contributed by atoms with van der Waals surface area (Å²) in [5, 5.41) is 2.22. The fourth-order valence-electron chi connectivity index (χ4n) is 2.44. The average Bonchev–Trinajstić information content (AvgIpc) is 2.91. The van der Waals surface area contributed by atoms with E-state index >= 15 is 0 Å². The maximum absolute atomic E-state index is 11.7. The van der Waals surface area contributed by atoms with Crippen LogP contribution in [0.5, 0.6) is 0 Å². The van der Waals surface area contributed by atoms with Crippen molar-refractivity contribution in [1.82, 2.24) is 4.98 Å². The molecule has 0 bridgehead atoms. The molecule has 0 saturated carbocycles. The molecule has 2 aromatic carbocycles. The van der Waals surface area contributed by atoms with E-state index in [1.807, 2.05) is 30.5 Å². The zero-order valence-electron chi connectivity index (χ0n) is 11.8. The molecule has 1 aromatic heterocycles. The van der Waals surface area contributed by atoms with Gasteiger partial charge >= 0.3 is 5.97 Å². The van der Waals surface area contributed by atoms with Gasteiger partial charge in [0.1, 0.15) is 0 Å². The number of carbonyl (C=O) groups excluding carboxylic acids is 1. The first-order valence-corrected chi connectivity index (χ1v) is 7.46. The maximum atomic E-state index is 11.7. The largest absolute Gasteiger partial charge is 0.465 e. The molecule has 0 spiro atoms. The molecular weight excluding hydrogens is 321 g/mol. The number of fused-ring (bicyclic) bond motifs is 1. The molecule has 3 nitrogen and oxygen atoms in total. The first-order chi connectivity index (χ1) is 10.6. The monoisotopic (exact) mass is 333 g/mol. The van der Waals surface area contributed by atoms with Gasteiger partial charge in [0.05, 0.1) is 12.7 Å². The van der Waals surface area contributed by atoms with E-state index in [2.05, 4.69) is 4.98 Å². The molecule has 0 unspecified atom stereocenters. The Hall–Kier alpha value is -1.97. The normalized spacial score (nSPS) is 10.9. The summed E-state index contributed by atoms with van der Waals surface area (Å²) in [6.07, 6.45) is 2.58. The Kier molecular flexibility index (Phi) is 4.10. The number of halogens is 2. The van der Waals surface area contributed by atoms with E-state index in [9.17, 15) is 4.79 Å². The molecule has 5 heteroatoms. The molecule has 0 aliphatic heterocycles. The number of aromatic amines is 1. The Labute approximate surface area is 137 Å². The Morgan fingerprint density at radius 2 is 1.95 bits per heavy atom. The number of hydrogen-bond acceptors (Lipinski definition) is 2. The van der Waals surface area contributed by atoms with Crippen molar-refractivity contribution in [3.63, 3.8) is 0 Å². The van der Waals surface area contributed by atoms with Crippen LogP contribution in [0.25, 0.3) is 10.9 Å². The SMILES string of the molecule is COC(=O)c1ccc2[nH]cc(Cc3ccc(Cl)cc3Cl)c2c1. The van der Waals surface area contributed by atoms with Gasteiger partial charge in [0, 0.05) is 33.6 Å². The van der Waals surface area contributed by atoms with Crippen LogP contribution < -0.4 is 0 Å². The molecule has 0 aliphatic rings. The van der Waals surface area contributed by atoms with Crippen molar-refractivity contribution < 1.29 is 9.53 Å². The van der Waals surface area contributed by atoms with Gasteiger partial charge in [0.15, 0.2) is 0 Å². The van der Waals surface area contributed by atoms with E-state index in [1.54, 1.807) is 12.1 Å². The van der Waals surface area contributed by atoms with E-state index in [0.717, 1.165) is 22.0 Å². The quantitative estimate of drug-likeness (QED) is 0.696. The van der Waals surface area contributed by atoms with Crippen LogP contribution in [0.3, 0.4) is 0 Å². The highest BCUT2D eigenvalue weighted by atomic mass is 35.5. The molecule has 0 fully saturated rings. The third-order valence-electron chi connectivity index (χ3n) is 3.58. The number of carbonyl (C=O) groups is 1. The van der Waals surface area contributed by atoms with Crippen molar-refractivity contribution in [2.75, 3.05) is 7.11 Å². The molecule has 0 saturated heterocycles. The average molecular weight is 334 g/mol. The third kappa shape index (κ3) is 2.82. The lowest BCUT2D eigenvalue weighted by atomic mass is 10.0. The maximum Gasteiger partial charge on any atom is 0.337 e. The van der Waals surface area contributed by atoms with Crippen molar-refractivity contribution in [1.29, 1.82) is 0 Å². The molecule has 0 radical (unpaired) electrons. The molecule has 3 aromatic rings. The van der Waals surface area contributed by atoms with Crippen molar-refractivity contribution >= 4 is 40.1 Å². The molecule has 1 heterocycles. The van der Waals surface area contributed by atoms with Crippen LogP contribution in [-0.2, 0) is 11.2 Å². The Morgan fingerprint density at radius 1 is 1.14 bits per heavy atom. The summed E-state index contributed by atoms with van der Waals surface area (Å²) >= 11 is 12.2. The molecule has 0 aliphatic carbocycles. The summed E-state index contributed by atoms with van der Waals surface area (Å²) in [5.41, 5.74) is 3.53. The van der Waals surface area contributed by atoms with Gasteiger partial charge < -0.3 is 9.72 Å². The van der Waals surface area contributed by atoms with E-state index < -0.39 is 0 Å². The summed E-state index contributed by atoms with van der Waals surface area (Å²) in [4.78, 5) is 14.9. The summed E-state index contributed by atoms with van der Waals surface area (Å²) in [5.74, 6) is -0.349. The van der Waals surface area contributed by atoms with Crippen molar-refractivity contribution in [3.05, 3.63) is 69.3 Å². The van der Waals surface area contributed by atoms with Gasteiger partial charge in [-0.05, 0) is 41.5 Å². The molecule has 1 N–H and O–H groups in total. The number of esters is 1. The minimum Gasteiger partial charge on any atom is -0.465 e. The minimum absolute atomic E-state index is 0.349. The van der Waals surface area contributed by atoms with Crippen LogP contribution in [0.2, 0.25) is 10.0 Å². The smallest absolute Gasteiger partial charge is 0.337 e. The van der Waals surface area contributed by atoms with Gasteiger partial charge in [-0.25, -0.2) is 4.79 Å². The first kappa shape index (κ1) is 14.9. The van der Waals surface area contributed by atoms with Gasteiger partial charge in [-0.2, -0.15) is 0 Å². The highest BCUT2D eigenvalue weighted by molar-refractivity contribution is 6.35. The van der Waals surface area contributed by atoms with Crippen molar-refractivity contribution in [2.45, 2.75) is 6.42 Å². The molecule has 112 valence electrons. The number of nitrogens with one attached hydrogen (secondary N) is 1. The van der Waals surface area contributed by atoms with Gasteiger partial charge in [0.25, 0.3) is 0 Å². The lowest BCUT2D eigenvalue weighted by Crippen LogP contribution is -2.00. The lowest BCUT2D eigenvalue weighted by molar-refractivity contribution is 0.0601. The molecule has 0 amide bonds. The number of hydrogen-bond donors (Lipinski definition) is 1. The number of H-pyrrole nitrogens is 1. The molecule has 3 rings (SSSR count). The van der Waals surface area contributed by atoms with Crippen LogP contribution in [0, 0.1) is 0 Å². The fourth-order valence-corrected chi connectivity index (χ4v) is 2.92. The zero-order chi connectivity index (χ0) is 15.7. The number of benzene rings is 2. The van der Waals surface area contributed by atoms with Gasteiger partial charge in [-0.3, -0.25) is 0 Å². The summed E-state index contributed by atoms with van der Waals surface area (Å²) in [6, 6.07) is 10.9. The zero-order valence-corrected chi connectivity index (χ0v) is 13.3. The second-order valence-electron chi connectivity index (χ2n) is 4.98. The standard InChI is InChI=1S/C17H13Cl2NO2/c1-22-17(21)11-3-5-16-14(7-11)12(9-20-16)6-10-2-4-13(18)8-15(10)19/h2-5,7-9,20H,6H2,1H3. The van der Waals surface area contributed by atoms with Crippen LogP contribution in [-0.4, -0.2) is 18.1 Å². The Morgan fingerprint density at radius 3 is 2.68 bits per heavy atom. The van der Waals surface area contributed by atoms with E-state index in [4.69, 9.17) is 27.9 Å². The highest BCUT2D eigenvalue weighted by Crippen LogP contribution is 2.27. The van der Waals surface area contributed by atoms with Gasteiger partial charge in [-0.15, -0.1) is 0 Å². The second kappa shape index (κ2) is 6.03. The highest BCUT2D eigenvalue weighted by Gasteiger charge is 2.11. The van der Waals surface area contributed by atoms with Crippen LogP contribution in [0.1, 0.15) is 21.5 Å². The molecule has 0 atom stereocenters. The van der Waals surface area contributed by atoms with E-state index in [1.165, 1.54) is 7.11 Å². The number of rotatable bonds is 3. The topological polar surface area (TPSA) is 42.1 Å². The lowest BCUT2D eigenvalue weighted by Gasteiger charge is -2.05. The second-order valence-corrected chi connectivity index (χ2v) is 5.82. The Balaban J connectivity index is 2.01. The van der Waals surface area contributed by atoms with Crippen LogP contribution in [0.15, 0.2) is 42.6 Å². The van der Waals surface area contributed by atoms with E-state index in [0.29, 0.717) is 22.0 Å². The van der Waals surface area contributed by atoms with Crippen molar-refractivity contribution in [3.8, 4) is 0 Å². The summed E-state index contributed by atoms with van der Waals surface area (Å²) in [6.45, 7) is 0. The number of aromatic nitrogens is 1. The predicted molar refractivity (Wildman–Crippen MR) is 88.9 cm³/mol. The van der Waals surface area contributed by atoms with Crippen LogP contribution >= 0.6 is 23.2 Å². The van der Waals surface area contributed by atoms with Crippen molar-refractivity contribution in [2.24, 2.45) is 0 Å². The first-order valence-electron chi connectivity index (χ1n) is 6.70. The minimum atomic E-state index is -0.349. The fraction of sp³-hybridized carbons (Fsp3) is 0.118. The van der Waals surface area contributed by atoms with E-state index in [-0.39, 0.29) is 5.97 Å². The Bertz CT molecular complexity index is 855. The van der Waals surface area contributed by atoms with Gasteiger partial charge in [-0.1, -0.05) is 29.3 Å². The number of methoxy groups -OCH3 is 1. The third-order valence-corrected chi connectivity index (χ3v) is 4.17. The number of ether oxygens (including phenoxy) is 1. The van der Waals surface area contributed by atoms with Crippen LogP contribution in [0.4, 0.5) is 0 Å². The molecular formula is C17H13Cl2NO2.